The molecule has 0 saturated carbocycles. The monoisotopic (exact) mass is 234 g/mol. The zero-order valence-electron chi connectivity index (χ0n) is 6.07. The first-order valence-electron chi connectivity index (χ1n) is 3.09. The lowest BCUT2D eigenvalue weighted by Crippen LogP contribution is -2.09. The number of rotatable bonds is 4. The van der Waals surface area contributed by atoms with Crippen molar-refractivity contribution in [2.75, 3.05) is 7.11 Å². The third-order valence-electron chi connectivity index (χ3n) is 1.07. The Kier molecular flexibility index (Phi) is 5.51. The molecule has 0 N–H and O–H groups in total. The summed E-state index contributed by atoms with van der Waals surface area (Å²) in [6, 6.07) is -2.02. The molecule has 0 aliphatic carbocycles. The van der Waals surface area contributed by atoms with E-state index in [-0.39, 0.29) is 5.97 Å². The summed E-state index contributed by atoms with van der Waals surface area (Å²) in [5.41, 5.74) is 0. The van der Waals surface area contributed by atoms with Gasteiger partial charge in [-0.05, 0) is 12.5 Å². The van der Waals surface area contributed by atoms with Gasteiger partial charge in [-0.3, -0.25) is 4.79 Å². The lowest BCUT2D eigenvalue weighted by Gasteiger charge is -2.05. The molecule has 0 aliphatic rings. The van der Waals surface area contributed by atoms with E-state index in [9.17, 15) is 4.79 Å². The average Bonchev–Trinajstić information content (AvgIpc) is 1.85. The predicted molar refractivity (Wildman–Crippen MR) is 49.4 cm³/mol. The van der Waals surface area contributed by atoms with Crippen molar-refractivity contribution in [1.82, 2.24) is 0 Å². The molecule has 0 rings (SSSR count). The molecular formula is C5H9Cl3O2Si. The van der Waals surface area contributed by atoms with Crippen molar-refractivity contribution in [1.29, 1.82) is 0 Å². The summed E-state index contributed by atoms with van der Waals surface area (Å²) in [6.45, 7) is 0. The number of halogens is 3. The van der Waals surface area contributed by atoms with Gasteiger partial charge in [0.15, 0.2) is 0 Å². The van der Waals surface area contributed by atoms with E-state index >= 15 is 0 Å². The van der Waals surface area contributed by atoms with E-state index in [4.69, 9.17) is 33.2 Å². The highest BCUT2D eigenvalue weighted by molar-refractivity contribution is 7.64. The highest BCUT2D eigenvalue weighted by Gasteiger charge is 2.24. The van der Waals surface area contributed by atoms with Crippen molar-refractivity contribution in [2.45, 2.75) is 18.9 Å². The van der Waals surface area contributed by atoms with Gasteiger partial charge in [0.2, 0.25) is 0 Å². The molecule has 0 amide bonds. The molecule has 66 valence electrons. The van der Waals surface area contributed by atoms with Crippen molar-refractivity contribution < 1.29 is 9.53 Å². The first-order chi connectivity index (χ1) is 4.95. The van der Waals surface area contributed by atoms with Gasteiger partial charge in [-0.1, -0.05) is 0 Å². The quantitative estimate of drug-likeness (QED) is 0.425. The number of hydrogen-bond donors (Lipinski definition) is 0. The minimum atomic E-state index is -2.53. The Morgan fingerprint density at radius 1 is 1.45 bits per heavy atom. The lowest BCUT2D eigenvalue weighted by molar-refractivity contribution is -0.140. The van der Waals surface area contributed by atoms with E-state index in [2.05, 4.69) is 4.74 Å². The summed E-state index contributed by atoms with van der Waals surface area (Å²) in [7, 11) is 1.34. The fourth-order valence-electron chi connectivity index (χ4n) is 0.535. The van der Waals surface area contributed by atoms with Crippen molar-refractivity contribution in [2.24, 2.45) is 0 Å². The predicted octanol–water partition coefficient (Wildman–Crippen LogP) is 2.59. The number of carbonyl (C=O) groups excluding carboxylic acids is 1. The fraction of sp³-hybridized carbons (Fsp3) is 0.800. The minimum absolute atomic E-state index is 0.256. The highest BCUT2D eigenvalue weighted by atomic mass is 35.8. The number of ether oxygens (including phenoxy) is 1. The van der Waals surface area contributed by atoms with Crippen LogP contribution >= 0.6 is 33.2 Å². The molecule has 0 aromatic heterocycles. The van der Waals surface area contributed by atoms with Crippen LogP contribution in [-0.2, 0) is 9.53 Å². The van der Waals surface area contributed by atoms with Crippen LogP contribution in [0.4, 0.5) is 0 Å². The number of esters is 1. The van der Waals surface area contributed by atoms with E-state index in [0.717, 1.165) is 0 Å². The largest absolute Gasteiger partial charge is 0.469 e. The molecule has 0 bridgehead atoms. The van der Waals surface area contributed by atoms with Crippen molar-refractivity contribution in [3.05, 3.63) is 0 Å². The first-order valence-corrected chi connectivity index (χ1v) is 8.33. The standard InChI is InChI=1S/C5H9Cl3O2Si/c1-10-5(9)3-2-4-11(6,7)8/h2-4H2,1H3. The normalized spacial score (nSPS) is 11.3. The molecule has 6 heteroatoms. The second kappa shape index (κ2) is 5.25. The van der Waals surface area contributed by atoms with Crippen LogP contribution in [0.1, 0.15) is 12.8 Å². The Hall–Kier alpha value is 0.557. The zero-order valence-corrected chi connectivity index (χ0v) is 9.34. The second-order valence-electron chi connectivity index (χ2n) is 2.04. The van der Waals surface area contributed by atoms with Gasteiger partial charge < -0.3 is 4.74 Å². The third kappa shape index (κ3) is 8.46. The van der Waals surface area contributed by atoms with Gasteiger partial charge in [-0.2, -0.15) is 0 Å². The summed E-state index contributed by atoms with van der Waals surface area (Å²) < 4.78 is 4.41. The molecule has 0 aromatic rings. The maximum atomic E-state index is 10.6. The summed E-state index contributed by atoms with van der Waals surface area (Å²) >= 11 is 16.7. The molecular weight excluding hydrogens is 226 g/mol. The van der Waals surface area contributed by atoms with Gasteiger partial charge in [-0.25, -0.2) is 0 Å². The van der Waals surface area contributed by atoms with Crippen LogP contribution in [0.25, 0.3) is 0 Å². The number of hydrogen-bond acceptors (Lipinski definition) is 2. The van der Waals surface area contributed by atoms with Gasteiger partial charge >= 0.3 is 12.0 Å². The van der Waals surface area contributed by atoms with E-state index < -0.39 is 6.00 Å². The molecule has 0 atom stereocenters. The summed E-state index contributed by atoms with van der Waals surface area (Å²) in [5.74, 6) is -0.256. The third-order valence-corrected chi connectivity index (χ3v) is 3.69. The van der Waals surface area contributed by atoms with E-state index in [0.29, 0.717) is 18.9 Å². The Morgan fingerprint density at radius 3 is 2.36 bits per heavy atom. The van der Waals surface area contributed by atoms with Crippen molar-refractivity contribution >= 4 is 45.2 Å². The summed E-state index contributed by atoms with van der Waals surface area (Å²) in [4.78, 5) is 10.6. The van der Waals surface area contributed by atoms with Gasteiger partial charge in [0.05, 0.1) is 7.11 Å². The van der Waals surface area contributed by atoms with Crippen molar-refractivity contribution in [3.8, 4) is 0 Å². The molecule has 0 saturated heterocycles. The first kappa shape index (κ1) is 11.6. The van der Waals surface area contributed by atoms with E-state index in [1.807, 2.05) is 0 Å². The summed E-state index contributed by atoms with van der Waals surface area (Å²) in [6.07, 6.45) is 0.923. The molecule has 0 heterocycles. The Balaban J connectivity index is 3.35. The highest BCUT2D eigenvalue weighted by Crippen LogP contribution is 2.26. The lowest BCUT2D eigenvalue weighted by atomic mass is 10.3. The summed E-state index contributed by atoms with van der Waals surface area (Å²) in [5, 5.41) is 0. The maximum Gasteiger partial charge on any atom is 0.341 e. The molecule has 0 aromatic carbocycles. The second-order valence-corrected chi connectivity index (χ2v) is 11.3. The average molecular weight is 236 g/mol. The molecule has 0 fully saturated rings. The van der Waals surface area contributed by atoms with Crippen molar-refractivity contribution in [3.63, 3.8) is 0 Å². The number of carbonyl (C=O) groups is 1. The van der Waals surface area contributed by atoms with Crippen LogP contribution < -0.4 is 0 Å². The van der Waals surface area contributed by atoms with Crippen LogP contribution in [0, 0.1) is 0 Å². The minimum Gasteiger partial charge on any atom is -0.469 e. The van der Waals surface area contributed by atoms with Crippen LogP contribution in [-0.4, -0.2) is 19.1 Å². The fourth-order valence-corrected chi connectivity index (χ4v) is 2.32. The Labute approximate surface area is 80.9 Å². The maximum absolute atomic E-state index is 10.6. The molecule has 11 heavy (non-hydrogen) atoms. The van der Waals surface area contributed by atoms with E-state index in [1.165, 1.54) is 7.11 Å². The van der Waals surface area contributed by atoms with Crippen LogP contribution in [0.5, 0.6) is 0 Å². The topological polar surface area (TPSA) is 26.3 Å². The number of methoxy groups -OCH3 is 1. The Bertz CT molecular complexity index is 134. The van der Waals surface area contributed by atoms with Gasteiger partial charge in [0.1, 0.15) is 0 Å². The SMILES string of the molecule is COC(=O)CCC[Si](Cl)(Cl)Cl. The van der Waals surface area contributed by atoms with Gasteiger partial charge in [0.25, 0.3) is 0 Å². The smallest absolute Gasteiger partial charge is 0.341 e. The molecule has 0 aliphatic heterocycles. The van der Waals surface area contributed by atoms with Crippen LogP contribution in [0.3, 0.4) is 0 Å². The van der Waals surface area contributed by atoms with Gasteiger partial charge in [0, 0.05) is 6.42 Å². The molecule has 0 spiro atoms. The van der Waals surface area contributed by atoms with E-state index in [1.54, 1.807) is 0 Å². The molecule has 0 radical (unpaired) electrons. The Morgan fingerprint density at radius 2 is 2.00 bits per heavy atom. The van der Waals surface area contributed by atoms with Crippen LogP contribution in [0.2, 0.25) is 6.04 Å². The van der Waals surface area contributed by atoms with Gasteiger partial charge in [-0.15, -0.1) is 33.2 Å². The zero-order chi connectivity index (χ0) is 8.91. The molecule has 2 nitrogen and oxygen atoms in total. The molecule has 0 unspecified atom stereocenters. The van der Waals surface area contributed by atoms with Crippen LogP contribution in [0.15, 0.2) is 0 Å².